The van der Waals surface area contributed by atoms with Crippen molar-refractivity contribution in [1.29, 1.82) is 0 Å². The van der Waals surface area contributed by atoms with E-state index in [1.807, 2.05) is 58.0 Å². The lowest BCUT2D eigenvalue weighted by molar-refractivity contribution is -0.389. The Balaban J connectivity index is 1.13. The normalized spacial score (nSPS) is 42.6. The number of imide groups is 1. The van der Waals surface area contributed by atoms with Gasteiger partial charge >= 0.3 is 0 Å². The Morgan fingerprint density at radius 3 is 1.88 bits per heavy atom. The van der Waals surface area contributed by atoms with E-state index in [-0.39, 0.29) is 78.0 Å². The molecule has 2 aromatic rings. The van der Waals surface area contributed by atoms with Gasteiger partial charge in [-0.3, -0.25) is 14.5 Å². The van der Waals surface area contributed by atoms with Crippen molar-refractivity contribution in [2.24, 2.45) is 35.5 Å². The second-order valence-electron chi connectivity index (χ2n) is 21.4. The standard InChI is InChI=1S/C52H76FNO12Si/c1-13-37-31(7)42(32(8)49(60-37)64-43-29(5)30(6)48(61-38(43)14-2)57-24-25-67(10,11)12)63-52-41(54-46(55)35-22-18-19-23-36(35)47(54)56)45(66-51-40(53)28(4)27(3)33(9)59-51)44-39(62-52)26-58-50(65-44)34-20-16-15-17-21-34/h15-23,27-33,37-45,48-52H,13-14,24-26H2,1-12H3/t27-,28?,29?,30?,31-,32?,33?,37?,38?,39?,40?,41?,42?,43-,44+,45?,48+,49?,50?,51-,52-/m0/s1. The Bertz CT molecular complexity index is 1960. The van der Waals surface area contributed by atoms with Crippen LogP contribution in [0, 0.1) is 35.5 Å². The van der Waals surface area contributed by atoms with Crippen molar-refractivity contribution in [2.45, 2.75) is 193 Å². The van der Waals surface area contributed by atoms with Gasteiger partial charge in [0.1, 0.15) is 24.4 Å². The van der Waals surface area contributed by atoms with Crippen LogP contribution in [0.25, 0.3) is 0 Å². The van der Waals surface area contributed by atoms with Crippen molar-refractivity contribution in [1.82, 2.24) is 4.90 Å². The van der Waals surface area contributed by atoms with Crippen molar-refractivity contribution in [2.75, 3.05) is 13.2 Å². The summed E-state index contributed by atoms with van der Waals surface area (Å²) in [5, 5.41) is 0. The number of rotatable bonds is 14. The van der Waals surface area contributed by atoms with Crippen LogP contribution in [0.4, 0.5) is 4.39 Å². The number of amides is 2. The van der Waals surface area contributed by atoms with Crippen molar-refractivity contribution < 1.29 is 61.3 Å². The summed E-state index contributed by atoms with van der Waals surface area (Å²) in [4.78, 5) is 30.6. The molecule has 13 nitrogen and oxygen atoms in total. The molecule has 5 fully saturated rings. The largest absolute Gasteiger partial charge is 0.353 e. The first-order chi connectivity index (χ1) is 31.9. The molecule has 21 atom stereocenters. The number of ether oxygens (including phenoxy) is 10. The molecule has 8 rings (SSSR count). The molecule has 0 bridgehead atoms. The summed E-state index contributed by atoms with van der Waals surface area (Å²) in [6.45, 7) is 26.2. The van der Waals surface area contributed by atoms with Crippen molar-refractivity contribution >= 4 is 19.9 Å². The summed E-state index contributed by atoms with van der Waals surface area (Å²) < 4.78 is 84.1. The Hall–Kier alpha value is -2.67. The number of carbonyl (C=O) groups is 2. The van der Waals surface area contributed by atoms with E-state index < -0.39 is 87.6 Å². The molecule has 14 unspecified atom stereocenters. The lowest BCUT2D eigenvalue weighted by Crippen LogP contribution is -2.70. The molecule has 0 aromatic heterocycles. The second-order valence-corrected chi connectivity index (χ2v) is 27.1. The lowest BCUT2D eigenvalue weighted by Gasteiger charge is -2.54. The molecule has 6 heterocycles. The van der Waals surface area contributed by atoms with Gasteiger partial charge < -0.3 is 47.4 Å². The Kier molecular flexibility index (Phi) is 15.9. The first-order valence-electron chi connectivity index (χ1n) is 25.0. The zero-order valence-electron chi connectivity index (χ0n) is 41.6. The van der Waals surface area contributed by atoms with E-state index in [0.717, 1.165) is 18.0 Å². The number of fused-ring (bicyclic) bond motifs is 2. The quantitative estimate of drug-likeness (QED) is 0.132. The molecule has 0 aliphatic carbocycles. The summed E-state index contributed by atoms with van der Waals surface area (Å²) >= 11 is 0. The van der Waals surface area contributed by atoms with E-state index in [1.165, 1.54) is 4.90 Å². The predicted octanol–water partition coefficient (Wildman–Crippen LogP) is 9.17. The molecular weight excluding hydrogens is 878 g/mol. The van der Waals surface area contributed by atoms with Gasteiger partial charge in [0.25, 0.3) is 11.8 Å². The minimum atomic E-state index is -1.52. The van der Waals surface area contributed by atoms with Gasteiger partial charge in [-0.2, -0.15) is 0 Å². The minimum absolute atomic E-state index is 0.0639. The highest BCUT2D eigenvalue weighted by Gasteiger charge is 2.60. The number of carbonyl (C=O) groups excluding carboxylic acids is 2. The number of halogens is 1. The average Bonchev–Trinajstić information content (AvgIpc) is 3.56. The van der Waals surface area contributed by atoms with Gasteiger partial charge in [0.15, 0.2) is 37.6 Å². The molecule has 2 amide bonds. The number of hydrogen-bond donors (Lipinski definition) is 0. The number of hydrogen-bond acceptors (Lipinski definition) is 12. The van der Waals surface area contributed by atoms with Crippen LogP contribution in [-0.2, 0) is 47.4 Å². The first kappa shape index (κ1) is 50.7. The van der Waals surface area contributed by atoms with E-state index >= 15 is 4.39 Å². The third-order valence-electron chi connectivity index (χ3n) is 15.8. The van der Waals surface area contributed by atoms with Gasteiger partial charge in [0.2, 0.25) is 0 Å². The molecule has 15 heteroatoms. The molecule has 2 aromatic carbocycles. The van der Waals surface area contributed by atoms with Crippen LogP contribution in [0.5, 0.6) is 0 Å². The van der Waals surface area contributed by atoms with Crippen LogP contribution in [-0.4, -0.2) is 124 Å². The van der Waals surface area contributed by atoms with Gasteiger partial charge in [-0.15, -0.1) is 0 Å². The van der Waals surface area contributed by atoms with Gasteiger partial charge in [-0.1, -0.05) is 117 Å². The monoisotopic (exact) mass is 954 g/mol. The molecule has 0 saturated carbocycles. The predicted molar refractivity (Wildman–Crippen MR) is 250 cm³/mol. The number of alkyl halides is 1. The van der Waals surface area contributed by atoms with Gasteiger partial charge in [-0.25, -0.2) is 4.39 Å². The van der Waals surface area contributed by atoms with Crippen LogP contribution >= 0.6 is 0 Å². The molecule has 67 heavy (non-hydrogen) atoms. The smallest absolute Gasteiger partial charge is 0.262 e. The zero-order valence-corrected chi connectivity index (χ0v) is 42.6. The first-order valence-corrected chi connectivity index (χ1v) is 28.8. The van der Waals surface area contributed by atoms with E-state index in [2.05, 4.69) is 54.3 Å². The van der Waals surface area contributed by atoms with E-state index in [4.69, 9.17) is 47.4 Å². The maximum absolute atomic E-state index is 16.6. The summed E-state index contributed by atoms with van der Waals surface area (Å²) in [6, 6.07) is 16.0. The van der Waals surface area contributed by atoms with Crippen LogP contribution < -0.4 is 0 Å². The SMILES string of the molecule is CCC1OC(O[C@@H]2C(CC)O[C@@H](OCC[Si](C)(C)C)C(C)C2C)C(C)C(O[C@@H]2OC3COC(c4ccccc4)O[C@H]3C(O[C@@H]3OC(C)[C@@H](C)C(C)C3F)C2N2C(=O)c3ccccc3C2=O)[C@H]1C. The van der Waals surface area contributed by atoms with Crippen LogP contribution in [0.1, 0.15) is 108 Å². The number of benzene rings is 2. The summed E-state index contributed by atoms with van der Waals surface area (Å²) in [5.41, 5.74) is 1.25. The van der Waals surface area contributed by atoms with E-state index in [9.17, 15) is 9.59 Å². The van der Waals surface area contributed by atoms with Gasteiger partial charge in [0.05, 0.1) is 48.3 Å². The fraction of sp³-hybridized carbons (Fsp3) is 0.731. The van der Waals surface area contributed by atoms with Crippen molar-refractivity contribution in [3.05, 3.63) is 71.3 Å². The molecule has 372 valence electrons. The lowest BCUT2D eigenvalue weighted by atomic mass is 9.82. The summed E-state index contributed by atoms with van der Waals surface area (Å²) in [5.74, 6) is -1.97. The fourth-order valence-corrected chi connectivity index (χ4v) is 11.6. The van der Waals surface area contributed by atoms with E-state index in [0.29, 0.717) is 13.0 Å². The zero-order chi connectivity index (χ0) is 48.1. The topological polar surface area (TPSA) is 130 Å². The van der Waals surface area contributed by atoms with Crippen LogP contribution in [0.15, 0.2) is 54.6 Å². The highest BCUT2D eigenvalue weighted by Crippen LogP contribution is 2.45. The Morgan fingerprint density at radius 1 is 0.627 bits per heavy atom. The van der Waals surface area contributed by atoms with Crippen LogP contribution in [0.2, 0.25) is 25.7 Å². The Morgan fingerprint density at radius 2 is 1.24 bits per heavy atom. The third kappa shape index (κ3) is 10.3. The minimum Gasteiger partial charge on any atom is -0.353 e. The average molecular weight is 954 g/mol. The van der Waals surface area contributed by atoms with Crippen molar-refractivity contribution in [3.63, 3.8) is 0 Å². The highest BCUT2D eigenvalue weighted by atomic mass is 28.3. The van der Waals surface area contributed by atoms with Crippen molar-refractivity contribution in [3.8, 4) is 0 Å². The maximum atomic E-state index is 16.6. The highest BCUT2D eigenvalue weighted by molar-refractivity contribution is 6.76. The molecule has 0 radical (unpaired) electrons. The molecule has 6 aliphatic rings. The van der Waals surface area contributed by atoms with Gasteiger partial charge in [0, 0.05) is 38.0 Å². The second kappa shape index (κ2) is 21.0. The summed E-state index contributed by atoms with van der Waals surface area (Å²) in [6.07, 6.45) is -9.24. The molecule has 0 N–H and O–H groups in total. The molecule has 0 spiro atoms. The molecule has 5 saturated heterocycles. The number of nitrogens with zero attached hydrogens (tertiary/aromatic N) is 1. The Labute approximate surface area is 398 Å². The van der Waals surface area contributed by atoms with Gasteiger partial charge in [-0.05, 0) is 55.7 Å². The van der Waals surface area contributed by atoms with Crippen LogP contribution in [0.3, 0.4) is 0 Å². The third-order valence-corrected chi connectivity index (χ3v) is 17.5. The summed E-state index contributed by atoms with van der Waals surface area (Å²) in [7, 11) is -1.30. The molecular formula is C52H76FNO12Si. The van der Waals surface area contributed by atoms with E-state index in [1.54, 1.807) is 24.3 Å². The molecule has 6 aliphatic heterocycles. The fourth-order valence-electron chi connectivity index (χ4n) is 10.9. The maximum Gasteiger partial charge on any atom is 0.262 e.